The number of carbonyl (C=O) groups excluding carboxylic acids is 2. The zero-order chi connectivity index (χ0) is 33.5. The third kappa shape index (κ3) is 13.0. The van der Waals surface area contributed by atoms with E-state index in [2.05, 4.69) is 34.4 Å². The van der Waals surface area contributed by atoms with Gasteiger partial charge in [0.2, 0.25) is 16.3 Å². The summed E-state index contributed by atoms with van der Waals surface area (Å²) in [6.45, 7) is 0.513. The van der Waals surface area contributed by atoms with E-state index >= 15 is 0 Å². The van der Waals surface area contributed by atoms with Gasteiger partial charge in [-0.1, -0.05) is 7.43 Å². The van der Waals surface area contributed by atoms with Gasteiger partial charge in [-0.25, -0.2) is 16.8 Å². The number of fused-ring (bicyclic) bond motifs is 1. The van der Waals surface area contributed by atoms with Gasteiger partial charge < -0.3 is 25.6 Å². The summed E-state index contributed by atoms with van der Waals surface area (Å²) >= 11 is 0.483. The van der Waals surface area contributed by atoms with Crippen molar-refractivity contribution in [2.75, 3.05) is 23.0 Å². The molecule has 250 valence electrons. The SMILES string of the molecule is C.CC(=O)Nc1ccc2c(O)c(N=Nc3ccc(C(=O)Nc4ccc(S(=O)(=O)CCOS(=O)(=O)[O-])cc4)cc3)c(SOO[O-])cc2c1.[Na+].[Na+]. The Balaban J connectivity index is 0.00000400. The van der Waals surface area contributed by atoms with E-state index in [-0.39, 0.29) is 111 Å². The zero-order valence-corrected chi connectivity index (χ0v) is 31.8. The second-order valence-electron chi connectivity index (χ2n) is 9.18. The summed E-state index contributed by atoms with van der Waals surface area (Å²) in [6, 6.07) is 17.2. The maximum Gasteiger partial charge on any atom is 1.00 e. The number of amides is 2. The van der Waals surface area contributed by atoms with Gasteiger partial charge in [0.25, 0.3) is 5.91 Å². The van der Waals surface area contributed by atoms with E-state index in [1.807, 2.05) is 0 Å². The molecule has 0 atom stereocenters. The van der Waals surface area contributed by atoms with Crippen molar-refractivity contribution in [2.24, 2.45) is 10.2 Å². The van der Waals surface area contributed by atoms with Gasteiger partial charge in [-0.3, -0.25) is 18.8 Å². The molecule has 0 bridgehead atoms. The van der Waals surface area contributed by atoms with E-state index in [4.69, 9.17) is 0 Å². The van der Waals surface area contributed by atoms with Gasteiger partial charge in [-0.2, -0.15) is 9.45 Å². The maximum absolute atomic E-state index is 12.7. The summed E-state index contributed by atoms with van der Waals surface area (Å²) in [5.74, 6) is -1.85. The van der Waals surface area contributed by atoms with Crippen LogP contribution in [-0.2, 0) is 38.6 Å². The fourth-order valence-corrected chi connectivity index (χ4v) is 5.92. The summed E-state index contributed by atoms with van der Waals surface area (Å²) in [5, 5.41) is 39.1. The second-order valence-corrected chi connectivity index (χ2v) is 13.1. The Morgan fingerprint density at radius 2 is 1.53 bits per heavy atom. The van der Waals surface area contributed by atoms with Crippen LogP contribution in [0.5, 0.6) is 5.75 Å². The van der Waals surface area contributed by atoms with Gasteiger partial charge in [0.05, 0.1) is 39.9 Å². The minimum absolute atomic E-state index is 0. The molecule has 21 heteroatoms. The van der Waals surface area contributed by atoms with Crippen molar-refractivity contribution in [2.45, 2.75) is 24.1 Å². The number of phenols is 1. The summed E-state index contributed by atoms with van der Waals surface area (Å²) < 4.78 is 64.5. The number of aromatic hydroxyl groups is 1. The molecule has 0 aromatic heterocycles. The van der Waals surface area contributed by atoms with E-state index in [0.717, 1.165) is 0 Å². The van der Waals surface area contributed by atoms with Gasteiger partial charge >= 0.3 is 59.1 Å². The van der Waals surface area contributed by atoms with Gasteiger partial charge in [0.1, 0.15) is 5.69 Å². The van der Waals surface area contributed by atoms with Crippen LogP contribution in [0.15, 0.2) is 92.8 Å². The molecule has 16 nitrogen and oxygen atoms in total. The maximum atomic E-state index is 12.7. The predicted molar refractivity (Wildman–Crippen MR) is 167 cm³/mol. The monoisotopic (exact) mass is 752 g/mol. The molecule has 0 unspecified atom stereocenters. The Kier molecular flexibility index (Phi) is 18.0. The normalized spacial score (nSPS) is 11.2. The molecule has 4 aromatic carbocycles. The molecule has 0 heterocycles. The first-order chi connectivity index (χ1) is 21.8. The molecule has 0 saturated heterocycles. The zero-order valence-electron chi connectivity index (χ0n) is 25.4. The van der Waals surface area contributed by atoms with Crippen LogP contribution in [-0.4, -0.2) is 50.7 Å². The smallest absolute Gasteiger partial charge is 0.726 e. The quantitative estimate of drug-likeness (QED) is 0.0263. The van der Waals surface area contributed by atoms with Crippen LogP contribution in [0, 0.1) is 0 Å². The van der Waals surface area contributed by atoms with E-state index in [0.29, 0.717) is 28.5 Å². The number of nitrogens with zero attached hydrogens (tertiary/aromatic N) is 2. The van der Waals surface area contributed by atoms with Gasteiger partial charge in [0.15, 0.2) is 15.6 Å². The predicted octanol–water partition coefficient (Wildman–Crippen LogP) is -1.70. The third-order valence-corrected chi connectivity index (χ3v) is 8.73. The summed E-state index contributed by atoms with van der Waals surface area (Å²) in [5.41, 5.74) is 1.19. The van der Waals surface area contributed by atoms with Crippen molar-refractivity contribution in [1.82, 2.24) is 0 Å². The molecule has 4 aromatic rings. The fourth-order valence-electron chi connectivity index (χ4n) is 3.94. The number of anilines is 2. The molecule has 2 amide bonds. The average molecular weight is 753 g/mol. The number of hydrogen-bond donors (Lipinski definition) is 3. The number of hydrogen-bond acceptors (Lipinski definition) is 15. The number of nitrogens with one attached hydrogen (secondary N) is 2. The van der Waals surface area contributed by atoms with Crippen molar-refractivity contribution < 1.29 is 114 Å². The Hall–Kier alpha value is -2.47. The van der Waals surface area contributed by atoms with Crippen LogP contribution in [0.25, 0.3) is 10.8 Å². The van der Waals surface area contributed by atoms with Crippen molar-refractivity contribution in [3.05, 3.63) is 78.4 Å². The first-order valence-corrected chi connectivity index (χ1v) is 16.4. The molecule has 0 aliphatic heterocycles. The average Bonchev–Trinajstić information content (AvgIpc) is 2.99. The van der Waals surface area contributed by atoms with Crippen LogP contribution in [0.4, 0.5) is 22.7 Å². The molecule has 49 heavy (non-hydrogen) atoms. The van der Waals surface area contributed by atoms with Crippen molar-refractivity contribution >= 4 is 77.6 Å². The Morgan fingerprint density at radius 3 is 2.12 bits per heavy atom. The Bertz CT molecular complexity index is 2020. The fraction of sp³-hybridized carbons (Fsp3) is 0.143. The number of phenolic OH excluding ortho intramolecular Hbond substituents is 1. The van der Waals surface area contributed by atoms with Crippen molar-refractivity contribution in [1.29, 1.82) is 0 Å². The molecule has 0 saturated carbocycles. The van der Waals surface area contributed by atoms with Crippen LogP contribution < -0.4 is 75.0 Å². The van der Waals surface area contributed by atoms with E-state index in [1.54, 1.807) is 24.3 Å². The minimum atomic E-state index is -5.02. The van der Waals surface area contributed by atoms with Crippen molar-refractivity contribution in [3.63, 3.8) is 0 Å². The van der Waals surface area contributed by atoms with Gasteiger partial charge in [0, 0.05) is 29.2 Å². The number of sulfone groups is 1. The molecular formula is C28H26N4Na2O12S3. The second kappa shape index (κ2) is 19.8. The van der Waals surface area contributed by atoms with Crippen LogP contribution >= 0.6 is 12.0 Å². The number of azo groups is 1. The van der Waals surface area contributed by atoms with E-state index in [1.165, 1.54) is 55.5 Å². The summed E-state index contributed by atoms with van der Waals surface area (Å²) in [7, 11) is -8.98. The molecule has 0 aliphatic rings. The Morgan fingerprint density at radius 1 is 0.898 bits per heavy atom. The molecule has 0 fully saturated rings. The molecule has 0 aliphatic carbocycles. The standard InChI is InChI=1S/C27H24N4O12S3.CH4.2Na/c1-16(32)28-21-8-11-23-18(14-21)15-24(44-43-42-35)25(26(23)33)31-30-20-4-2-17(3-5-20)27(34)29-19-6-9-22(10-7-19)45(36,37)13-12-41-46(38,39)40;;;/h2-11,14-15,33,35H,12-13H2,1H3,(H,28,32)(H,29,34)(H,38,39,40);1H4;;/q;;2*+1/p-2. The van der Waals surface area contributed by atoms with E-state index in [9.17, 15) is 41.3 Å². The Labute approximate surface area is 330 Å². The topological polar surface area (TPSA) is 245 Å². The molecular weight excluding hydrogens is 727 g/mol. The van der Waals surface area contributed by atoms with Crippen LogP contribution in [0.3, 0.4) is 0 Å². The number of benzene rings is 4. The van der Waals surface area contributed by atoms with E-state index < -0.39 is 38.5 Å². The van der Waals surface area contributed by atoms with Crippen LogP contribution in [0.2, 0.25) is 0 Å². The molecule has 4 rings (SSSR count). The summed E-state index contributed by atoms with van der Waals surface area (Å²) in [6.07, 6.45) is 0. The largest absolute Gasteiger partial charge is 1.00 e. The van der Waals surface area contributed by atoms with Crippen molar-refractivity contribution in [3.8, 4) is 5.75 Å². The van der Waals surface area contributed by atoms with Crippen LogP contribution in [0.1, 0.15) is 24.7 Å². The van der Waals surface area contributed by atoms with Gasteiger partial charge in [-0.15, -0.1) is 5.11 Å². The third-order valence-electron chi connectivity index (χ3n) is 5.97. The minimum Gasteiger partial charge on any atom is -0.726 e. The first-order valence-electron chi connectivity index (χ1n) is 12.7. The van der Waals surface area contributed by atoms with Gasteiger partial charge in [-0.05, 0) is 78.2 Å². The summed E-state index contributed by atoms with van der Waals surface area (Å²) in [4.78, 5) is 24.1. The number of rotatable bonds is 13. The molecule has 3 N–H and O–H groups in total. The molecule has 0 radical (unpaired) electrons. The molecule has 0 spiro atoms. The number of carbonyl (C=O) groups is 2. The first kappa shape index (κ1) is 44.6.